The van der Waals surface area contributed by atoms with Gasteiger partial charge in [-0.15, -0.1) is 0 Å². The van der Waals surface area contributed by atoms with Gasteiger partial charge >= 0.3 is 5.69 Å². The number of hydrogen-bond donors (Lipinski definition) is 3. The maximum Gasteiger partial charge on any atom is 0.325 e. The SMILES string of the molecule is Cc1[nH]c(=O)[nH]c(=O)c1S(=O)(=O)N1CCC(C(=O)NCc2ccc(F)cc2)CC1. The molecule has 1 saturated heterocycles. The van der Waals surface area contributed by atoms with Crippen molar-refractivity contribution in [1.29, 1.82) is 0 Å². The average Bonchev–Trinajstić information content (AvgIpc) is 2.66. The lowest BCUT2D eigenvalue weighted by molar-refractivity contribution is -0.126. The highest BCUT2D eigenvalue weighted by molar-refractivity contribution is 7.89. The molecule has 0 radical (unpaired) electrons. The second-order valence-corrected chi connectivity index (χ2v) is 8.76. The Morgan fingerprint density at radius 2 is 1.79 bits per heavy atom. The quantitative estimate of drug-likeness (QED) is 0.632. The van der Waals surface area contributed by atoms with E-state index < -0.39 is 26.2 Å². The van der Waals surface area contributed by atoms with Gasteiger partial charge in [0.2, 0.25) is 15.9 Å². The number of carbonyl (C=O) groups is 1. The Morgan fingerprint density at radius 1 is 1.17 bits per heavy atom. The number of aromatic nitrogens is 2. The van der Waals surface area contributed by atoms with Gasteiger partial charge in [0.15, 0.2) is 4.90 Å². The van der Waals surface area contributed by atoms with Gasteiger partial charge < -0.3 is 10.3 Å². The van der Waals surface area contributed by atoms with E-state index in [9.17, 15) is 27.2 Å². The summed E-state index contributed by atoms with van der Waals surface area (Å²) < 4.78 is 39.7. The summed E-state index contributed by atoms with van der Waals surface area (Å²) in [6.45, 7) is 1.76. The number of nitrogens with zero attached hydrogens (tertiary/aromatic N) is 1. The summed E-state index contributed by atoms with van der Waals surface area (Å²) in [6.07, 6.45) is 0.601. The Morgan fingerprint density at radius 3 is 2.38 bits per heavy atom. The van der Waals surface area contributed by atoms with Crippen LogP contribution in [0.4, 0.5) is 4.39 Å². The fourth-order valence-electron chi connectivity index (χ4n) is 3.32. The summed E-state index contributed by atoms with van der Waals surface area (Å²) >= 11 is 0. The number of piperidine rings is 1. The summed E-state index contributed by atoms with van der Waals surface area (Å²) in [5.41, 5.74) is -1.01. The van der Waals surface area contributed by atoms with Crippen LogP contribution >= 0.6 is 0 Å². The van der Waals surface area contributed by atoms with E-state index in [1.54, 1.807) is 12.1 Å². The first-order valence-electron chi connectivity index (χ1n) is 9.04. The molecule has 9 nitrogen and oxygen atoms in total. The molecule has 1 aliphatic heterocycles. The van der Waals surface area contributed by atoms with Crippen LogP contribution in [0.5, 0.6) is 0 Å². The molecule has 11 heteroatoms. The molecule has 0 bridgehead atoms. The fraction of sp³-hybridized carbons (Fsp3) is 0.389. The Kier molecular flexibility index (Phi) is 5.99. The Balaban J connectivity index is 1.62. The number of rotatable bonds is 5. The van der Waals surface area contributed by atoms with Crippen LogP contribution in [0.15, 0.2) is 38.8 Å². The number of amides is 1. The predicted molar refractivity (Wildman–Crippen MR) is 102 cm³/mol. The van der Waals surface area contributed by atoms with Crippen LogP contribution < -0.4 is 16.6 Å². The summed E-state index contributed by atoms with van der Waals surface area (Å²) in [5, 5.41) is 2.77. The number of carbonyl (C=O) groups excluding carboxylic acids is 1. The van der Waals surface area contributed by atoms with Crippen molar-refractivity contribution in [2.45, 2.75) is 31.2 Å². The van der Waals surface area contributed by atoms with Crippen molar-refractivity contribution in [2.24, 2.45) is 5.92 Å². The third-order valence-corrected chi connectivity index (χ3v) is 6.93. The van der Waals surface area contributed by atoms with Crippen LogP contribution in [-0.4, -0.2) is 41.7 Å². The van der Waals surface area contributed by atoms with Crippen molar-refractivity contribution < 1.29 is 17.6 Å². The summed E-state index contributed by atoms with van der Waals surface area (Å²) in [4.78, 5) is 39.4. The first kappa shape index (κ1) is 20.9. The molecule has 0 atom stereocenters. The lowest BCUT2D eigenvalue weighted by Gasteiger charge is -2.30. The topological polar surface area (TPSA) is 132 Å². The van der Waals surface area contributed by atoms with Gasteiger partial charge in [0.25, 0.3) is 5.56 Å². The number of sulfonamides is 1. The highest BCUT2D eigenvalue weighted by Crippen LogP contribution is 2.23. The first-order chi connectivity index (χ1) is 13.7. The van der Waals surface area contributed by atoms with E-state index >= 15 is 0 Å². The minimum absolute atomic E-state index is 0.0297. The van der Waals surface area contributed by atoms with Crippen molar-refractivity contribution >= 4 is 15.9 Å². The lowest BCUT2D eigenvalue weighted by Crippen LogP contribution is -2.44. The Bertz CT molecular complexity index is 1120. The number of halogens is 1. The molecule has 3 N–H and O–H groups in total. The molecule has 1 aromatic carbocycles. The number of nitrogens with one attached hydrogen (secondary N) is 3. The van der Waals surface area contributed by atoms with Crippen molar-refractivity contribution in [3.8, 4) is 0 Å². The molecule has 2 aromatic rings. The summed E-state index contributed by atoms with van der Waals surface area (Å²) in [5.74, 6) is -0.925. The molecular weight excluding hydrogens is 403 g/mol. The van der Waals surface area contributed by atoms with Gasteiger partial charge in [0, 0.05) is 31.2 Å². The van der Waals surface area contributed by atoms with Crippen LogP contribution in [0, 0.1) is 18.7 Å². The van der Waals surface area contributed by atoms with Crippen molar-refractivity contribution in [2.75, 3.05) is 13.1 Å². The second kappa shape index (κ2) is 8.29. The molecule has 0 spiro atoms. The Labute approximate surface area is 166 Å². The molecule has 3 rings (SSSR count). The molecule has 29 heavy (non-hydrogen) atoms. The zero-order valence-electron chi connectivity index (χ0n) is 15.7. The first-order valence-corrected chi connectivity index (χ1v) is 10.5. The maximum atomic E-state index is 12.9. The predicted octanol–water partition coefficient (Wildman–Crippen LogP) is 0.228. The van der Waals surface area contributed by atoms with Gasteiger partial charge in [0.05, 0.1) is 0 Å². The van der Waals surface area contributed by atoms with Gasteiger partial charge in [-0.2, -0.15) is 4.31 Å². The highest BCUT2D eigenvalue weighted by atomic mass is 32.2. The van der Waals surface area contributed by atoms with Gasteiger partial charge in [-0.1, -0.05) is 12.1 Å². The van der Waals surface area contributed by atoms with Crippen molar-refractivity contribution in [3.05, 3.63) is 62.2 Å². The fourth-order valence-corrected chi connectivity index (χ4v) is 5.00. The molecule has 0 saturated carbocycles. The van der Waals surface area contributed by atoms with Crippen LogP contribution in [0.1, 0.15) is 24.1 Å². The van der Waals surface area contributed by atoms with E-state index in [0.717, 1.165) is 9.87 Å². The summed E-state index contributed by atoms with van der Waals surface area (Å²) in [7, 11) is -4.10. The van der Waals surface area contributed by atoms with Gasteiger partial charge in [-0.3, -0.25) is 14.6 Å². The van der Waals surface area contributed by atoms with Gasteiger partial charge in [-0.05, 0) is 37.5 Å². The zero-order valence-corrected chi connectivity index (χ0v) is 16.5. The molecule has 1 aromatic heterocycles. The van der Waals surface area contributed by atoms with E-state index in [1.807, 2.05) is 4.98 Å². The maximum absolute atomic E-state index is 12.9. The number of hydrogen-bond acceptors (Lipinski definition) is 5. The standard InChI is InChI=1S/C18H21FN4O5S/c1-11-15(17(25)22-18(26)21-11)29(27,28)23-8-6-13(7-9-23)16(24)20-10-12-2-4-14(19)5-3-12/h2-5,13H,6-10H2,1H3,(H,20,24)(H2,21,22,25,26). The van der Waals surface area contributed by atoms with Gasteiger partial charge in [-0.25, -0.2) is 17.6 Å². The normalized spacial score (nSPS) is 15.9. The number of H-pyrrole nitrogens is 2. The van der Waals surface area contributed by atoms with Crippen LogP contribution in [-0.2, 0) is 21.4 Å². The number of aryl methyl sites for hydroxylation is 1. The van der Waals surface area contributed by atoms with Crippen LogP contribution in [0.2, 0.25) is 0 Å². The largest absolute Gasteiger partial charge is 0.352 e. The number of benzene rings is 1. The van der Waals surface area contributed by atoms with E-state index in [-0.39, 0.29) is 43.0 Å². The van der Waals surface area contributed by atoms with Crippen LogP contribution in [0.25, 0.3) is 0 Å². The Hall–Kier alpha value is -2.79. The minimum atomic E-state index is -4.10. The van der Waals surface area contributed by atoms with E-state index in [1.165, 1.54) is 19.1 Å². The third-order valence-electron chi connectivity index (χ3n) is 4.88. The second-order valence-electron chi connectivity index (χ2n) is 6.89. The van der Waals surface area contributed by atoms with Gasteiger partial charge in [0.1, 0.15) is 5.82 Å². The summed E-state index contributed by atoms with van der Waals surface area (Å²) in [6, 6.07) is 5.78. The van der Waals surface area contributed by atoms with E-state index in [0.29, 0.717) is 12.8 Å². The van der Waals surface area contributed by atoms with Crippen LogP contribution in [0.3, 0.4) is 0 Å². The zero-order chi connectivity index (χ0) is 21.2. The minimum Gasteiger partial charge on any atom is -0.352 e. The van der Waals surface area contributed by atoms with E-state index in [2.05, 4.69) is 10.3 Å². The molecule has 0 unspecified atom stereocenters. The molecule has 1 amide bonds. The lowest BCUT2D eigenvalue weighted by atomic mass is 9.97. The highest BCUT2D eigenvalue weighted by Gasteiger charge is 2.34. The number of aromatic amines is 2. The monoisotopic (exact) mass is 424 g/mol. The third kappa shape index (κ3) is 4.62. The molecule has 156 valence electrons. The van der Waals surface area contributed by atoms with E-state index in [4.69, 9.17) is 0 Å². The van der Waals surface area contributed by atoms with Crippen molar-refractivity contribution in [3.63, 3.8) is 0 Å². The van der Waals surface area contributed by atoms with Crippen molar-refractivity contribution in [1.82, 2.24) is 19.6 Å². The average molecular weight is 424 g/mol. The molecular formula is C18H21FN4O5S. The molecule has 2 heterocycles. The molecule has 0 aliphatic carbocycles. The molecule has 1 fully saturated rings. The smallest absolute Gasteiger partial charge is 0.325 e. The molecule has 1 aliphatic rings.